The van der Waals surface area contributed by atoms with Gasteiger partial charge in [-0.05, 0) is 19.8 Å². The summed E-state index contributed by atoms with van der Waals surface area (Å²) in [6.07, 6.45) is 0.611. The third kappa shape index (κ3) is 2.27. The van der Waals surface area contributed by atoms with Crippen molar-refractivity contribution in [2.75, 3.05) is 0 Å². The van der Waals surface area contributed by atoms with Crippen molar-refractivity contribution in [3.05, 3.63) is 12.7 Å². The van der Waals surface area contributed by atoms with Gasteiger partial charge in [0.25, 0.3) is 0 Å². The molecule has 0 aliphatic heterocycles. The minimum atomic E-state index is -1.22. The van der Waals surface area contributed by atoms with Crippen molar-refractivity contribution in [3.63, 3.8) is 0 Å². The van der Waals surface area contributed by atoms with E-state index in [-0.39, 0.29) is 43.0 Å². The first-order chi connectivity index (χ1) is 7.42. The summed E-state index contributed by atoms with van der Waals surface area (Å²) in [5, 5.41) is 9.37. The normalized spacial score (nSPS) is 22.0. The van der Waals surface area contributed by atoms with Crippen molar-refractivity contribution < 1.29 is 19.5 Å². The molecule has 1 aliphatic rings. The van der Waals surface area contributed by atoms with Crippen LogP contribution in [0.15, 0.2) is 12.7 Å². The number of hydrogen-bond donors (Lipinski definition) is 1. The number of rotatable bonds is 4. The van der Waals surface area contributed by atoms with E-state index < -0.39 is 11.5 Å². The van der Waals surface area contributed by atoms with Crippen LogP contribution in [-0.4, -0.2) is 28.6 Å². The Morgan fingerprint density at radius 2 is 1.88 bits per heavy atom. The maximum absolute atomic E-state index is 11.9. The minimum absolute atomic E-state index is 0.0734. The van der Waals surface area contributed by atoms with Gasteiger partial charge in [0, 0.05) is 0 Å². The molecule has 1 atom stereocenters. The zero-order valence-electron chi connectivity index (χ0n) is 9.36. The van der Waals surface area contributed by atoms with Gasteiger partial charge in [0.05, 0.1) is 24.4 Å². The monoisotopic (exact) mass is 224 g/mol. The number of carbonyl (C=O) groups excluding carboxylic acids is 3. The van der Waals surface area contributed by atoms with Gasteiger partial charge in [0.2, 0.25) is 0 Å². The SMILES string of the molecule is C=CCC1(CC(C)O)C(=O)CC(=O)CC1=O. The first-order valence-electron chi connectivity index (χ1n) is 5.29. The number of carbonyl (C=O) groups is 3. The van der Waals surface area contributed by atoms with Gasteiger partial charge in [0.15, 0.2) is 11.6 Å². The second-order valence-electron chi connectivity index (χ2n) is 4.37. The Kier molecular flexibility index (Phi) is 3.75. The van der Waals surface area contributed by atoms with Gasteiger partial charge in [-0.1, -0.05) is 6.08 Å². The third-order valence-corrected chi connectivity index (χ3v) is 2.92. The zero-order valence-corrected chi connectivity index (χ0v) is 9.36. The standard InChI is InChI=1S/C12H16O4/c1-3-4-12(7-8(2)13)10(15)5-9(14)6-11(12)16/h3,8,13H,1,4-7H2,2H3. The quantitative estimate of drug-likeness (QED) is 0.567. The summed E-state index contributed by atoms with van der Waals surface area (Å²) in [5.41, 5.74) is -1.22. The number of hydrogen-bond acceptors (Lipinski definition) is 4. The van der Waals surface area contributed by atoms with E-state index in [4.69, 9.17) is 0 Å². The summed E-state index contributed by atoms with van der Waals surface area (Å²) in [7, 11) is 0. The number of Topliss-reactive ketones (excluding diaryl/α,β-unsaturated/α-hetero) is 3. The molecule has 0 saturated heterocycles. The van der Waals surface area contributed by atoms with Crippen LogP contribution in [0.4, 0.5) is 0 Å². The molecule has 1 rings (SSSR count). The summed E-state index contributed by atoms with van der Waals surface area (Å²) in [6, 6.07) is 0. The molecule has 1 unspecified atom stereocenters. The highest BCUT2D eigenvalue weighted by atomic mass is 16.3. The van der Waals surface area contributed by atoms with Gasteiger partial charge in [-0.15, -0.1) is 6.58 Å². The predicted molar refractivity (Wildman–Crippen MR) is 57.8 cm³/mol. The van der Waals surface area contributed by atoms with Crippen molar-refractivity contribution in [3.8, 4) is 0 Å². The van der Waals surface area contributed by atoms with Crippen LogP contribution in [0.3, 0.4) is 0 Å². The molecule has 1 N–H and O–H groups in total. The lowest BCUT2D eigenvalue weighted by Crippen LogP contribution is -2.46. The van der Waals surface area contributed by atoms with Crippen LogP contribution in [0.5, 0.6) is 0 Å². The summed E-state index contributed by atoms with van der Waals surface area (Å²) in [6.45, 7) is 5.05. The fraction of sp³-hybridized carbons (Fsp3) is 0.583. The molecule has 0 bridgehead atoms. The number of aliphatic hydroxyl groups excluding tert-OH is 1. The van der Waals surface area contributed by atoms with E-state index in [2.05, 4.69) is 6.58 Å². The lowest BCUT2D eigenvalue weighted by atomic mass is 9.66. The minimum Gasteiger partial charge on any atom is -0.393 e. The van der Waals surface area contributed by atoms with Crippen molar-refractivity contribution in [2.24, 2.45) is 5.41 Å². The van der Waals surface area contributed by atoms with Crippen LogP contribution < -0.4 is 0 Å². The van der Waals surface area contributed by atoms with Gasteiger partial charge in [-0.3, -0.25) is 14.4 Å². The molecule has 0 aromatic carbocycles. The molecule has 4 nitrogen and oxygen atoms in total. The molecule has 0 aromatic rings. The summed E-state index contributed by atoms with van der Waals surface area (Å²) in [5.74, 6) is -1.09. The van der Waals surface area contributed by atoms with E-state index in [1.54, 1.807) is 0 Å². The van der Waals surface area contributed by atoms with Crippen molar-refractivity contribution >= 4 is 17.3 Å². The molecule has 0 amide bonds. The average molecular weight is 224 g/mol. The Balaban J connectivity index is 3.05. The smallest absolute Gasteiger partial charge is 0.154 e. The van der Waals surface area contributed by atoms with Gasteiger partial charge in [-0.2, -0.15) is 0 Å². The van der Waals surface area contributed by atoms with E-state index in [0.29, 0.717) is 0 Å². The van der Waals surface area contributed by atoms with Crippen molar-refractivity contribution in [2.45, 2.75) is 38.7 Å². The maximum atomic E-state index is 11.9. The molecule has 1 saturated carbocycles. The molecular formula is C12H16O4. The number of allylic oxidation sites excluding steroid dienone is 1. The van der Waals surface area contributed by atoms with Crippen LogP contribution in [0.25, 0.3) is 0 Å². The van der Waals surface area contributed by atoms with E-state index in [1.807, 2.05) is 0 Å². The van der Waals surface area contributed by atoms with Crippen molar-refractivity contribution in [1.82, 2.24) is 0 Å². The molecule has 16 heavy (non-hydrogen) atoms. The zero-order chi connectivity index (χ0) is 12.3. The molecule has 88 valence electrons. The van der Waals surface area contributed by atoms with Crippen molar-refractivity contribution in [1.29, 1.82) is 0 Å². The number of ketones is 3. The highest BCUT2D eigenvalue weighted by Crippen LogP contribution is 2.37. The first-order valence-corrected chi connectivity index (χ1v) is 5.29. The third-order valence-electron chi connectivity index (χ3n) is 2.92. The summed E-state index contributed by atoms with van der Waals surface area (Å²) in [4.78, 5) is 34.9. The second kappa shape index (κ2) is 4.70. The van der Waals surface area contributed by atoms with E-state index >= 15 is 0 Å². The van der Waals surface area contributed by atoms with E-state index in [1.165, 1.54) is 13.0 Å². The highest BCUT2D eigenvalue weighted by Gasteiger charge is 2.48. The van der Waals surface area contributed by atoms with E-state index in [0.717, 1.165) is 0 Å². The second-order valence-corrected chi connectivity index (χ2v) is 4.37. The van der Waals surface area contributed by atoms with Crippen LogP contribution >= 0.6 is 0 Å². The van der Waals surface area contributed by atoms with E-state index in [9.17, 15) is 19.5 Å². The Morgan fingerprint density at radius 3 is 2.25 bits per heavy atom. The molecule has 0 aromatic heterocycles. The fourth-order valence-corrected chi connectivity index (χ4v) is 2.20. The Morgan fingerprint density at radius 1 is 1.38 bits per heavy atom. The molecule has 1 aliphatic carbocycles. The van der Waals surface area contributed by atoms with Gasteiger partial charge in [0.1, 0.15) is 5.78 Å². The topological polar surface area (TPSA) is 71.4 Å². The number of aliphatic hydroxyl groups is 1. The Hall–Kier alpha value is -1.29. The molecule has 0 heterocycles. The fourth-order valence-electron chi connectivity index (χ4n) is 2.20. The molecule has 1 fully saturated rings. The van der Waals surface area contributed by atoms with Crippen LogP contribution in [0.1, 0.15) is 32.6 Å². The molecule has 4 heteroatoms. The molecule has 0 spiro atoms. The van der Waals surface area contributed by atoms with Gasteiger partial charge < -0.3 is 5.11 Å². The van der Waals surface area contributed by atoms with Crippen LogP contribution in [0, 0.1) is 5.41 Å². The van der Waals surface area contributed by atoms with Crippen LogP contribution in [0.2, 0.25) is 0 Å². The summed E-state index contributed by atoms with van der Waals surface area (Å²) < 4.78 is 0. The first kappa shape index (κ1) is 12.8. The molecular weight excluding hydrogens is 208 g/mol. The summed E-state index contributed by atoms with van der Waals surface area (Å²) >= 11 is 0. The lowest BCUT2D eigenvalue weighted by Gasteiger charge is -2.33. The molecule has 0 radical (unpaired) electrons. The highest BCUT2D eigenvalue weighted by molar-refractivity contribution is 6.23. The Labute approximate surface area is 94.3 Å². The average Bonchev–Trinajstić information content (AvgIpc) is 2.13. The Bertz CT molecular complexity index is 321. The maximum Gasteiger partial charge on any atom is 0.154 e. The predicted octanol–water partition coefficient (Wildman–Crippen LogP) is 0.821. The largest absolute Gasteiger partial charge is 0.393 e. The van der Waals surface area contributed by atoms with Gasteiger partial charge >= 0.3 is 0 Å². The lowest BCUT2D eigenvalue weighted by molar-refractivity contribution is -0.149. The van der Waals surface area contributed by atoms with Crippen LogP contribution in [-0.2, 0) is 14.4 Å². The van der Waals surface area contributed by atoms with Gasteiger partial charge in [-0.25, -0.2) is 0 Å².